The van der Waals surface area contributed by atoms with Crippen molar-refractivity contribution in [3.8, 4) is 5.88 Å². The van der Waals surface area contributed by atoms with Crippen molar-refractivity contribution >= 4 is 34.1 Å². The normalized spacial score (nSPS) is 11.1. The molecule has 0 fully saturated rings. The Hall–Kier alpha value is -1.04. The first-order valence-electron chi connectivity index (χ1n) is 9.57. The third-order valence-electron chi connectivity index (χ3n) is 3.45. The average Bonchev–Trinajstić information content (AvgIpc) is 2.70. The summed E-state index contributed by atoms with van der Waals surface area (Å²) in [6, 6.07) is 1.77. The quantitative estimate of drug-likeness (QED) is 0.418. The number of hydrogen-bond donors (Lipinski definition) is 1. The van der Waals surface area contributed by atoms with Crippen LogP contribution < -0.4 is 10.5 Å². The molecule has 0 aromatic carbocycles. The number of thioether (sulfide) groups is 1. The van der Waals surface area contributed by atoms with Crippen LogP contribution >= 0.6 is 23.4 Å². The van der Waals surface area contributed by atoms with Crippen molar-refractivity contribution in [2.45, 2.75) is 60.4 Å². The third-order valence-corrected chi connectivity index (χ3v) is 4.64. The molecule has 2 rings (SSSR count). The maximum atomic E-state index is 6.17. The van der Waals surface area contributed by atoms with Gasteiger partial charge < -0.3 is 10.5 Å². The molecule has 4 nitrogen and oxygen atoms in total. The number of ether oxygens (including phenoxy) is 1. The molecule has 0 saturated heterocycles. The Morgan fingerprint density at radius 3 is 2.42 bits per heavy atom. The van der Waals surface area contributed by atoms with E-state index in [1.165, 1.54) is 0 Å². The zero-order valence-electron chi connectivity index (χ0n) is 17.0. The fraction of sp³-hybridized carbons (Fsp3) is 0.600. The number of halogens is 1. The van der Waals surface area contributed by atoms with Gasteiger partial charge in [-0.3, -0.25) is 0 Å². The monoisotopic (exact) mass is 399 g/mol. The van der Waals surface area contributed by atoms with Crippen LogP contribution in [-0.4, -0.2) is 28.1 Å². The lowest BCUT2D eigenvalue weighted by Gasteiger charge is -2.15. The minimum absolute atomic E-state index is 0.0662. The fourth-order valence-corrected chi connectivity index (χ4v) is 2.98. The second-order valence-electron chi connectivity index (χ2n) is 4.98. The summed E-state index contributed by atoms with van der Waals surface area (Å²) in [6.07, 6.45) is 5.35. The maximum Gasteiger partial charge on any atom is 0.222 e. The van der Waals surface area contributed by atoms with E-state index in [1.54, 1.807) is 12.4 Å². The molecule has 6 heteroatoms. The molecule has 2 N–H and O–H groups in total. The lowest BCUT2D eigenvalue weighted by Crippen LogP contribution is -2.10. The van der Waals surface area contributed by atoms with Gasteiger partial charge in [0.1, 0.15) is 5.15 Å². The van der Waals surface area contributed by atoms with E-state index in [4.69, 9.17) is 22.1 Å². The molecule has 0 aliphatic carbocycles. The van der Waals surface area contributed by atoms with E-state index >= 15 is 0 Å². The Morgan fingerprint density at radius 1 is 1.12 bits per heavy atom. The van der Waals surface area contributed by atoms with E-state index in [0.717, 1.165) is 40.7 Å². The topological polar surface area (TPSA) is 61.0 Å². The molecule has 0 radical (unpaired) electrons. The van der Waals surface area contributed by atoms with E-state index in [9.17, 15) is 0 Å². The molecule has 2 heterocycles. The largest absolute Gasteiger partial charge is 0.477 e. The first kappa shape index (κ1) is 25.0. The Morgan fingerprint density at radius 2 is 1.81 bits per heavy atom. The summed E-state index contributed by atoms with van der Waals surface area (Å²) in [6.45, 7) is 12.9. The molecule has 0 aliphatic heterocycles. The molecular formula is C20H34ClN3OS. The van der Waals surface area contributed by atoms with Crippen molar-refractivity contribution in [2.24, 2.45) is 5.73 Å². The molecular weight excluding hydrogens is 366 g/mol. The van der Waals surface area contributed by atoms with Gasteiger partial charge >= 0.3 is 0 Å². The van der Waals surface area contributed by atoms with Gasteiger partial charge in [-0.15, -0.1) is 0 Å². The predicted molar refractivity (Wildman–Crippen MR) is 118 cm³/mol. The molecule has 0 aliphatic rings. The molecule has 1 unspecified atom stereocenters. The molecule has 2 aromatic heterocycles. The number of pyridine rings is 2. The number of aromatic nitrogens is 2. The lowest BCUT2D eigenvalue weighted by atomic mass is 10.0. The Kier molecular flexibility index (Phi) is 14.5. The van der Waals surface area contributed by atoms with Gasteiger partial charge in [0.05, 0.1) is 12.0 Å². The fourth-order valence-electron chi connectivity index (χ4n) is 2.21. The number of hydrogen-bond acceptors (Lipinski definition) is 5. The van der Waals surface area contributed by atoms with Gasteiger partial charge in [-0.25, -0.2) is 9.97 Å². The zero-order chi connectivity index (χ0) is 19.9. The number of rotatable bonds is 8. The van der Waals surface area contributed by atoms with Crippen LogP contribution in [0.2, 0.25) is 5.15 Å². The highest BCUT2D eigenvalue weighted by atomic mass is 35.5. The smallest absolute Gasteiger partial charge is 0.222 e. The van der Waals surface area contributed by atoms with Crippen LogP contribution in [0, 0.1) is 0 Å². The maximum absolute atomic E-state index is 6.17. The summed E-state index contributed by atoms with van der Waals surface area (Å²) >= 11 is 7.95. The van der Waals surface area contributed by atoms with Crippen LogP contribution in [0.5, 0.6) is 5.88 Å². The van der Waals surface area contributed by atoms with Gasteiger partial charge in [0, 0.05) is 18.4 Å². The zero-order valence-corrected chi connectivity index (χ0v) is 18.6. The molecule has 148 valence electrons. The van der Waals surface area contributed by atoms with Crippen LogP contribution in [0.15, 0.2) is 18.5 Å². The Balaban J connectivity index is 0.00000146. The summed E-state index contributed by atoms with van der Waals surface area (Å²) in [7, 11) is 0. The van der Waals surface area contributed by atoms with E-state index in [-0.39, 0.29) is 6.04 Å². The second-order valence-corrected chi connectivity index (χ2v) is 6.77. The van der Waals surface area contributed by atoms with Crippen LogP contribution in [0.3, 0.4) is 0 Å². The van der Waals surface area contributed by atoms with Crippen LogP contribution in [0.25, 0.3) is 10.8 Å². The van der Waals surface area contributed by atoms with Gasteiger partial charge in [-0.05, 0) is 41.4 Å². The molecule has 0 bridgehead atoms. The van der Waals surface area contributed by atoms with Crippen molar-refractivity contribution in [1.82, 2.24) is 9.97 Å². The minimum Gasteiger partial charge on any atom is -0.477 e. The molecule has 2 aromatic rings. The third kappa shape index (κ3) is 7.68. The summed E-state index contributed by atoms with van der Waals surface area (Å²) in [5.74, 6) is 2.83. The van der Waals surface area contributed by atoms with Crippen molar-refractivity contribution in [3.63, 3.8) is 0 Å². The van der Waals surface area contributed by atoms with Crippen molar-refractivity contribution in [2.75, 3.05) is 18.1 Å². The molecule has 0 saturated carbocycles. The second kappa shape index (κ2) is 15.1. The highest BCUT2D eigenvalue weighted by Crippen LogP contribution is 2.31. The van der Waals surface area contributed by atoms with E-state index in [0.29, 0.717) is 17.6 Å². The number of fused-ring (bicyclic) bond motifs is 1. The van der Waals surface area contributed by atoms with E-state index < -0.39 is 0 Å². The Labute approximate surface area is 168 Å². The van der Waals surface area contributed by atoms with Gasteiger partial charge in [0.15, 0.2) is 0 Å². The van der Waals surface area contributed by atoms with Gasteiger partial charge in [0.2, 0.25) is 5.88 Å². The molecule has 26 heavy (non-hydrogen) atoms. The SMILES string of the molecule is CC.CC.CCSCCCOc1ncc(C(N)CC)c2cc(Cl)ncc12. The average molecular weight is 400 g/mol. The summed E-state index contributed by atoms with van der Waals surface area (Å²) in [5.41, 5.74) is 7.15. The summed E-state index contributed by atoms with van der Waals surface area (Å²) in [5, 5.41) is 2.30. The van der Waals surface area contributed by atoms with Crippen LogP contribution in [-0.2, 0) is 0 Å². The van der Waals surface area contributed by atoms with Crippen LogP contribution in [0.4, 0.5) is 0 Å². The Bertz CT molecular complexity index is 625. The molecule has 0 spiro atoms. The lowest BCUT2D eigenvalue weighted by molar-refractivity contribution is 0.310. The molecule has 1 atom stereocenters. The van der Waals surface area contributed by atoms with Gasteiger partial charge in [-0.1, -0.05) is 53.1 Å². The summed E-state index contributed by atoms with van der Waals surface area (Å²) < 4.78 is 5.83. The summed E-state index contributed by atoms with van der Waals surface area (Å²) in [4.78, 5) is 8.58. The van der Waals surface area contributed by atoms with E-state index in [1.807, 2.05) is 45.5 Å². The number of nitrogens with zero attached hydrogens (tertiary/aromatic N) is 2. The van der Waals surface area contributed by atoms with E-state index in [2.05, 4.69) is 23.8 Å². The predicted octanol–water partition coefficient (Wildman–Crippen LogP) is 6.27. The first-order chi connectivity index (χ1) is 12.7. The highest BCUT2D eigenvalue weighted by Gasteiger charge is 2.14. The van der Waals surface area contributed by atoms with Gasteiger partial charge in [0.25, 0.3) is 0 Å². The first-order valence-corrected chi connectivity index (χ1v) is 11.1. The minimum atomic E-state index is -0.0662. The van der Waals surface area contributed by atoms with Crippen molar-refractivity contribution < 1.29 is 4.74 Å². The highest BCUT2D eigenvalue weighted by molar-refractivity contribution is 7.99. The van der Waals surface area contributed by atoms with Gasteiger partial charge in [-0.2, -0.15) is 11.8 Å². The van der Waals surface area contributed by atoms with Crippen molar-refractivity contribution in [3.05, 3.63) is 29.2 Å². The van der Waals surface area contributed by atoms with Crippen LogP contribution in [0.1, 0.15) is 66.0 Å². The number of nitrogens with two attached hydrogens (primary N) is 1. The molecule has 0 amide bonds. The standard InChI is InChI=1S/C16H22ClN3OS.2C2H6/c1-3-14(18)12-9-20-16(21-6-5-7-22-4-2)13-10-19-15(17)8-11(12)13;2*1-2/h8-10,14H,3-7,18H2,1-2H3;2*1-2H3. The van der Waals surface area contributed by atoms with Crippen molar-refractivity contribution in [1.29, 1.82) is 0 Å².